The highest BCUT2D eigenvalue weighted by atomic mass is 32.2. The molecule has 0 aromatic rings. The van der Waals surface area contributed by atoms with Gasteiger partial charge in [-0.2, -0.15) is 11.8 Å². The molecule has 0 aromatic heterocycles. The quantitative estimate of drug-likeness (QED) is 0.365. The summed E-state index contributed by atoms with van der Waals surface area (Å²) in [5.74, 6) is 1.28. The molecule has 1 saturated heterocycles. The molecule has 84 valence electrons. The van der Waals surface area contributed by atoms with Crippen LogP contribution < -0.4 is 0 Å². The van der Waals surface area contributed by atoms with Crippen LogP contribution in [0, 0.1) is 0 Å². The molecular formula is C9H20O3SSi. The van der Waals surface area contributed by atoms with Gasteiger partial charge in [0, 0.05) is 31.8 Å². The molecule has 1 fully saturated rings. The molecule has 3 nitrogen and oxygen atoms in total. The van der Waals surface area contributed by atoms with Gasteiger partial charge < -0.3 is 13.6 Å². The average Bonchev–Trinajstić information content (AvgIpc) is 3.01. The fourth-order valence-corrected chi connectivity index (χ4v) is 2.95. The number of ether oxygens (including phenoxy) is 1. The number of rotatable bonds is 8. The zero-order chi connectivity index (χ0) is 10.4. The van der Waals surface area contributed by atoms with E-state index in [9.17, 15) is 0 Å². The molecule has 1 aliphatic rings. The molecule has 1 rings (SSSR count). The number of thioether (sulfide) groups is 1. The highest BCUT2D eigenvalue weighted by Gasteiger charge is 2.28. The van der Waals surface area contributed by atoms with Crippen LogP contribution in [0.3, 0.4) is 0 Å². The monoisotopic (exact) mass is 236 g/mol. The van der Waals surface area contributed by atoms with Gasteiger partial charge in [-0.1, -0.05) is 0 Å². The van der Waals surface area contributed by atoms with Crippen LogP contribution in [0.1, 0.15) is 6.42 Å². The first-order valence-corrected chi connectivity index (χ1v) is 8.57. The zero-order valence-electron chi connectivity index (χ0n) is 9.25. The molecule has 14 heavy (non-hydrogen) atoms. The average molecular weight is 236 g/mol. The van der Waals surface area contributed by atoms with Gasteiger partial charge in [-0.05, 0) is 19.0 Å². The van der Waals surface area contributed by atoms with E-state index in [0.29, 0.717) is 0 Å². The van der Waals surface area contributed by atoms with Crippen LogP contribution in [-0.4, -0.2) is 47.0 Å². The lowest BCUT2D eigenvalue weighted by molar-refractivity contribution is 0.139. The summed E-state index contributed by atoms with van der Waals surface area (Å²) in [7, 11) is 1.62. The summed E-state index contributed by atoms with van der Waals surface area (Å²) in [5, 5.41) is 0.781. The first-order chi connectivity index (χ1) is 6.70. The fraction of sp³-hybridized carbons (Fsp3) is 1.00. The summed E-state index contributed by atoms with van der Waals surface area (Å²) in [6, 6.07) is 1.01. The predicted octanol–water partition coefficient (Wildman–Crippen LogP) is 1.87. The molecule has 0 aliphatic carbocycles. The van der Waals surface area contributed by atoms with E-state index in [0.717, 1.165) is 30.9 Å². The van der Waals surface area contributed by atoms with E-state index in [1.54, 1.807) is 14.2 Å². The molecule has 0 amide bonds. The van der Waals surface area contributed by atoms with Crippen molar-refractivity contribution in [3.8, 4) is 0 Å². The van der Waals surface area contributed by atoms with E-state index in [1.807, 2.05) is 11.8 Å². The Morgan fingerprint density at radius 2 is 2.00 bits per heavy atom. The molecule has 0 aromatic carbocycles. The lowest BCUT2D eigenvalue weighted by atomic mass is 10.5. The van der Waals surface area contributed by atoms with Crippen molar-refractivity contribution < 1.29 is 13.6 Å². The Hall–Kier alpha value is 0.447. The number of hydrogen-bond acceptors (Lipinski definition) is 4. The largest absolute Gasteiger partial charge is 0.398 e. The standard InChI is InChI=1S/C9H20O3SSi/c1-10-14(3,11-2)6-4-5-12-7-9-8-13-9/h9H,4-8H2,1-3H3. The Morgan fingerprint density at radius 3 is 2.50 bits per heavy atom. The fourth-order valence-electron chi connectivity index (χ4n) is 1.16. The molecule has 0 radical (unpaired) electrons. The molecule has 1 heterocycles. The van der Waals surface area contributed by atoms with E-state index >= 15 is 0 Å². The van der Waals surface area contributed by atoms with Gasteiger partial charge >= 0.3 is 8.56 Å². The minimum Gasteiger partial charge on any atom is -0.398 e. The van der Waals surface area contributed by atoms with E-state index in [2.05, 4.69) is 6.55 Å². The minimum absolute atomic E-state index is 0.781. The Balaban J connectivity index is 1.95. The van der Waals surface area contributed by atoms with Crippen molar-refractivity contribution in [1.82, 2.24) is 0 Å². The molecule has 1 unspecified atom stereocenters. The zero-order valence-corrected chi connectivity index (χ0v) is 11.1. The SMILES string of the molecule is CO[Si](C)(CCCOCC1CS1)OC. The second-order valence-electron chi connectivity index (χ2n) is 3.68. The lowest BCUT2D eigenvalue weighted by Crippen LogP contribution is -2.36. The molecule has 0 bridgehead atoms. The summed E-state index contributed by atoms with van der Waals surface area (Å²) in [6.07, 6.45) is 1.04. The summed E-state index contributed by atoms with van der Waals surface area (Å²) >= 11 is 1.98. The van der Waals surface area contributed by atoms with E-state index in [1.165, 1.54) is 5.75 Å². The van der Waals surface area contributed by atoms with Crippen molar-refractivity contribution >= 4 is 20.3 Å². The third kappa shape index (κ3) is 4.79. The first kappa shape index (κ1) is 12.5. The maximum absolute atomic E-state index is 5.53. The van der Waals surface area contributed by atoms with Gasteiger partial charge in [0.05, 0.1) is 6.61 Å². The molecular weight excluding hydrogens is 216 g/mol. The molecule has 1 aliphatic heterocycles. The maximum Gasteiger partial charge on any atom is 0.334 e. The van der Waals surface area contributed by atoms with Gasteiger partial charge in [0.15, 0.2) is 0 Å². The van der Waals surface area contributed by atoms with Crippen molar-refractivity contribution in [1.29, 1.82) is 0 Å². The number of hydrogen-bond donors (Lipinski definition) is 0. The van der Waals surface area contributed by atoms with E-state index in [4.69, 9.17) is 13.6 Å². The predicted molar refractivity (Wildman–Crippen MR) is 62.1 cm³/mol. The summed E-state index contributed by atoms with van der Waals surface area (Å²) in [6.45, 7) is 3.85. The minimum atomic E-state index is -1.84. The normalized spacial score (nSPS) is 21.2. The van der Waals surface area contributed by atoms with Crippen molar-refractivity contribution in [3.63, 3.8) is 0 Å². The maximum atomic E-state index is 5.53. The van der Waals surface area contributed by atoms with Crippen LogP contribution in [0.15, 0.2) is 0 Å². The van der Waals surface area contributed by atoms with Crippen LogP contribution in [-0.2, 0) is 13.6 Å². The van der Waals surface area contributed by atoms with Crippen LogP contribution in [0.2, 0.25) is 12.6 Å². The highest BCUT2D eigenvalue weighted by molar-refractivity contribution is 8.06. The molecule has 0 saturated carbocycles. The van der Waals surface area contributed by atoms with E-state index < -0.39 is 8.56 Å². The highest BCUT2D eigenvalue weighted by Crippen LogP contribution is 2.29. The van der Waals surface area contributed by atoms with Crippen molar-refractivity contribution in [3.05, 3.63) is 0 Å². The Labute approximate surface area is 91.7 Å². The lowest BCUT2D eigenvalue weighted by Gasteiger charge is -2.22. The van der Waals surface area contributed by atoms with Crippen molar-refractivity contribution in [2.24, 2.45) is 0 Å². The Morgan fingerprint density at radius 1 is 1.36 bits per heavy atom. The van der Waals surface area contributed by atoms with Gasteiger partial charge in [-0.25, -0.2) is 0 Å². The molecule has 5 heteroatoms. The second-order valence-corrected chi connectivity index (χ2v) is 8.59. The third-order valence-corrected chi connectivity index (χ3v) is 6.42. The van der Waals surface area contributed by atoms with Crippen molar-refractivity contribution in [2.45, 2.75) is 24.3 Å². The van der Waals surface area contributed by atoms with Gasteiger partial charge in [-0.3, -0.25) is 0 Å². The summed E-state index contributed by atoms with van der Waals surface area (Å²) in [4.78, 5) is 0. The smallest absolute Gasteiger partial charge is 0.334 e. The molecule has 0 N–H and O–H groups in total. The third-order valence-electron chi connectivity index (χ3n) is 2.49. The van der Waals surface area contributed by atoms with Crippen LogP contribution in [0.25, 0.3) is 0 Å². The van der Waals surface area contributed by atoms with Gasteiger partial charge in [-0.15, -0.1) is 0 Å². The van der Waals surface area contributed by atoms with E-state index in [-0.39, 0.29) is 0 Å². The molecule has 1 atom stereocenters. The molecule has 0 spiro atoms. The van der Waals surface area contributed by atoms with Gasteiger partial charge in [0.25, 0.3) is 0 Å². The topological polar surface area (TPSA) is 27.7 Å². The summed E-state index contributed by atoms with van der Waals surface area (Å²) in [5.41, 5.74) is 0. The summed E-state index contributed by atoms with van der Waals surface area (Å²) < 4.78 is 16.3. The van der Waals surface area contributed by atoms with Crippen molar-refractivity contribution in [2.75, 3.05) is 33.2 Å². The Bertz CT molecular complexity index is 160. The van der Waals surface area contributed by atoms with Gasteiger partial charge in [0.2, 0.25) is 0 Å². The van der Waals surface area contributed by atoms with Crippen LogP contribution in [0.4, 0.5) is 0 Å². The second kappa shape index (κ2) is 6.12. The van der Waals surface area contributed by atoms with Crippen LogP contribution in [0.5, 0.6) is 0 Å². The van der Waals surface area contributed by atoms with Crippen LogP contribution >= 0.6 is 11.8 Å². The van der Waals surface area contributed by atoms with Gasteiger partial charge in [0.1, 0.15) is 0 Å². The first-order valence-electron chi connectivity index (χ1n) is 5.00. The Kier molecular flexibility index (Phi) is 5.47.